The fraction of sp³-hybridized carbons (Fsp3) is 0.148. The van der Waals surface area contributed by atoms with Crippen LogP contribution in [0.2, 0.25) is 0 Å². The minimum Gasteiger partial charge on any atom is -0.348 e. The van der Waals surface area contributed by atoms with E-state index in [4.69, 9.17) is 0 Å². The highest BCUT2D eigenvalue weighted by atomic mass is 16.2. The zero-order valence-corrected chi connectivity index (χ0v) is 18.7. The predicted octanol–water partition coefficient (Wildman–Crippen LogP) is 4.45. The van der Waals surface area contributed by atoms with Gasteiger partial charge in [-0.05, 0) is 49.2 Å². The maximum Gasteiger partial charge on any atom is 0.251 e. The monoisotopic (exact) mass is 438 g/mol. The molecular formula is C27H26N4O2. The van der Waals surface area contributed by atoms with Crippen LogP contribution in [-0.4, -0.2) is 28.1 Å². The molecule has 2 N–H and O–H groups in total. The third-order valence-corrected chi connectivity index (χ3v) is 5.56. The Balaban J connectivity index is 1.32. The standard InChI is InChI=1S/C27H26N4O2/c1-19(25-17-29-31(20(25)2)24-11-7-4-8-12-24)30-26(32)18-28-27(33)23-15-13-22(14-16-23)21-9-5-3-6-10-21/h3-17,19H,18H2,1-2H3,(H,28,33)(H,30,32). The molecule has 0 aliphatic carbocycles. The van der Waals surface area contributed by atoms with Crippen LogP contribution in [0.25, 0.3) is 16.8 Å². The zero-order valence-electron chi connectivity index (χ0n) is 18.7. The summed E-state index contributed by atoms with van der Waals surface area (Å²) in [5.41, 5.74) is 5.47. The molecule has 0 bridgehead atoms. The molecule has 4 rings (SSSR count). The number of nitrogens with one attached hydrogen (secondary N) is 2. The van der Waals surface area contributed by atoms with Gasteiger partial charge < -0.3 is 10.6 Å². The summed E-state index contributed by atoms with van der Waals surface area (Å²) in [5.74, 6) is -0.547. The molecule has 1 unspecified atom stereocenters. The van der Waals surface area contributed by atoms with Crippen LogP contribution in [0, 0.1) is 6.92 Å². The highest BCUT2D eigenvalue weighted by molar-refractivity contribution is 5.96. The molecule has 0 spiro atoms. The fourth-order valence-corrected chi connectivity index (χ4v) is 3.75. The van der Waals surface area contributed by atoms with Crippen LogP contribution in [0.15, 0.2) is 91.1 Å². The van der Waals surface area contributed by atoms with E-state index in [1.807, 2.05) is 91.3 Å². The van der Waals surface area contributed by atoms with E-state index in [1.54, 1.807) is 18.3 Å². The second kappa shape index (κ2) is 9.96. The molecule has 1 heterocycles. The lowest BCUT2D eigenvalue weighted by atomic mass is 10.0. The van der Waals surface area contributed by atoms with Crippen molar-refractivity contribution in [1.82, 2.24) is 20.4 Å². The molecule has 0 saturated carbocycles. The van der Waals surface area contributed by atoms with E-state index in [0.29, 0.717) is 5.56 Å². The van der Waals surface area contributed by atoms with Gasteiger partial charge in [0.05, 0.1) is 24.5 Å². The Hall–Kier alpha value is -4.19. The van der Waals surface area contributed by atoms with Gasteiger partial charge in [0.25, 0.3) is 5.91 Å². The largest absolute Gasteiger partial charge is 0.348 e. The highest BCUT2D eigenvalue weighted by Crippen LogP contribution is 2.20. The second-order valence-corrected chi connectivity index (χ2v) is 7.85. The molecule has 1 aromatic heterocycles. The average Bonchev–Trinajstić information content (AvgIpc) is 3.25. The summed E-state index contributed by atoms with van der Waals surface area (Å²) in [4.78, 5) is 24.9. The Bertz CT molecular complexity index is 1230. The summed E-state index contributed by atoms with van der Waals surface area (Å²) < 4.78 is 1.85. The van der Waals surface area contributed by atoms with E-state index in [-0.39, 0.29) is 24.4 Å². The molecule has 0 aliphatic rings. The third kappa shape index (κ3) is 5.18. The first kappa shape index (κ1) is 22.0. The molecule has 0 fully saturated rings. The third-order valence-electron chi connectivity index (χ3n) is 5.56. The number of aromatic nitrogens is 2. The van der Waals surface area contributed by atoms with E-state index >= 15 is 0 Å². The van der Waals surface area contributed by atoms with Gasteiger partial charge in [-0.3, -0.25) is 9.59 Å². The first-order chi connectivity index (χ1) is 16.0. The summed E-state index contributed by atoms with van der Waals surface area (Å²) in [6, 6.07) is 26.9. The number of carbonyl (C=O) groups is 2. The number of amides is 2. The molecule has 0 aliphatic heterocycles. The molecule has 2 amide bonds. The van der Waals surface area contributed by atoms with E-state index in [2.05, 4.69) is 15.7 Å². The fourth-order valence-electron chi connectivity index (χ4n) is 3.75. The molecule has 3 aromatic carbocycles. The lowest BCUT2D eigenvalue weighted by Crippen LogP contribution is -2.38. The number of hydrogen-bond acceptors (Lipinski definition) is 3. The van der Waals surface area contributed by atoms with Crippen LogP contribution >= 0.6 is 0 Å². The molecule has 1 atom stereocenters. The van der Waals surface area contributed by atoms with Crippen molar-refractivity contribution in [2.24, 2.45) is 0 Å². The van der Waals surface area contributed by atoms with Crippen molar-refractivity contribution in [2.75, 3.05) is 6.54 Å². The van der Waals surface area contributed by atoms with Crippen LogP contribution in [0.3, 0.4) is 0 Å². The maximum atomic E-state index is 12.5. The van der Waals surface area contributed by atoms with Gasteiger partial charge in [0.1, 0.15) is 0 Å². The summed E-state index contributed by atoms with van der Waals surface area (Å²) in [6.07, 6.45) is 1.76. The second-order valence-electron chi connectivity index (χ2n) is 7.85. The van der Waals surface area contributed by atoms with Crippen molar-refractivity contribution >= 4 is 11.8 Å². The van der Waals surface area contributed by atoms with E-state index < -0.39 is 0 Å². The Morgan fingerprint density at radius 3 is 2.15 bits per heavy atom. The number of carbonyl (C=O) groups excluding carboxylic acids is 2. The number of hydrogen-bond donors (Lipinski definition) is 2. The van der Waals surface area contributed by atoms with Crippen LogP contribution in [0.5, 0.6) is 0 Å². The van der Waals surface area contributed by atoms with Crippen LogP contribution in [0.1, 0.15) is 34.6 Å². The Morgan fingerprint density at radius 2 is 1.48 bits per heavy atom. The van der Waals surface area contributed by atoms with Crippen molar-refractivity contribution in [3.63, 3.8) is 0 Å². The average molecular weight is 439 g/mol. The SMILES string of the molecule is Cc1c(C(C)NC(=O)CNC(=O)c2ccc(-c3ccccc3)cc2)cnn1-c1ccccc1. The number of benzene rings is 3. The normalized spacial score (nSPS) is 11.6. The van der Waals surface area contributed by atoms with Crippen molar-refractivity contribution in [3.8, 4) is 16.8 Å². The van der Waals surface area contributed by atoms with Gasteiger partial charge in [-0.25, -0.2) is 4.68 Å². The van der Waals surface area contributed by atoms with Gasteiger partial charge in [-0.2, -0.15) is 5.10 Å². The highest BCUT2D eigenvalue weighted by Gasteiger charge is 2.17. The quantitative estimate of drug-likeness (QED) is 0.447. The van der Waals surface area contributed by atoms with Crippen LogP contribution in [0.4, 0.5) is 0 Å². The summed E-state index contributed by atoms with van der Waals surface area (Å²) in [6.45, 7) is 3.77. The molecule has 0 radical (unpaired) electrons. The predicted molar refractivity (Wildman–Crippen MR) is 129 cm³/mol. The number of nitrogens with zero attached hydrogens (tertiary/aromatic N) is 2. The van der Waals surface area contributed by atoms with Crippen molar-refractivity contribution < 1.29 is 9.59 Å². The molecule has 33 heavy (non-hydrogen) atoms. The van der Waals surface area contributed by atoms with Crippen LogP contribution in [-0.2, 0) is 4.79 Å². The molecule has 0 saturated heterocycles. The Kier molecular flexibility index (Phi) is 6.64. The van der Waals surface area contributed by atoms with E-state index in [1.165, 1.54) is 0 Å². The first-order valence-corrected chi connectivity index (χ1v) is 10.9. The minimum absolute atomic E-state index is 0.102. The Morgan fingerprint density at radius 1 is 0.879 bits per heavy atom. The van der Waals surface area contributed by atoms with Crippen molar-refractivity contribution in [3.05, 3.63) is 108 Å². The van der Waals surface area contributed by atoms with Gasteiger partial charge in [0, 0.05) is 16.8 Å². The summed E-state index contributed by atoms with van der Waals surface area (Å²) in [5, 5.41) is 10.1. The molecule has 4 aromatic rings. The topological polar surface area (TPSA) is 76.0 Å². The zero-order chi connectivity index (χ0) is 23.2. The van der Waals surface area contributed by atoms with Gasteiger partial charge in [0.2, 0.25) is 5.91 Å². The molecule has 166 valence electrons. The van der Waals surface area contributed by atoms with Crippen LogP contribution < -0.4 is 10.6 Å². The van der Waals surface area contributed by atoms with Crippen molar-refractivity contribution in [2.45, 2.75) is 19.9 Å². The van der Waals surface area contributed by atoms with Gasteiger partial charge in [-0.15, -0.1) is 0 Å². The Labute approximate surface area is 193 Å². The first-order valence-electron chi connectivity index (χ1n) is 10.9. The number of rotatable bonds is 7. The summed E-state index contributed by atoms with van der Waals surface area (Å²) in [7, 11) is 0. The molecule has 6 heteroatoms. The lowest BCUT2D eigenvalue weighted by molar-refractivity contribution is -0.120. The van der Waals surface area contributed by atoms with E-state index in [9.17, 15) is 9.59 Å². The summed E-state index contributed by atoms with van der Waals surface area (Å²) >= 11 is 0. The molecule has 6 nitrogen and oxygen atoms in total. The van der Waals surface area contributed by atoms with Gasteiger partial charge in [0.15, 0.2) is 0 Å². The maximum absolute atomic E-state index is 12.5. The van der Waals surface area contributed by atoms with Gasteiger partial charge >= 0.3 is 0 Å². The smallest absolute Gasteiger partial charge is 0.251 e. The van der Waals surface area contributed by atoms with Gasteiger partial charge in [-0.1, -0.05) is 60.7 Å². The van der Waals surface area contributed by atoms with Crippen molar-refractivity contribution in [1.29, 1.82) is 0 Å². The van der Waals surface area contributed by atoms with E-state index in [0.717, 1.165) is 28.1 Å². The number of para-hydroxylation sites is 1. The minimum atomic E-state index is -0.287. The molecular weight excluding hydrogens is 412 g/mol. The lowest BCUT2D eigenvalue weighted by Gasteiger charge is -2.15.